The lowest BCUT2D eigenvalue weighted by Crippen LogP contribution is -2.48. The Morgan fingerprint density at radius 3 is 2.43 bits per heavy atom. The van der Waals surface area contributed by atoms with Gasteiger partial charge in [0, 0.05) is 69.0 Å². The molecule has 0 unspecified atom stereocenters. The maximum absolute atomic E-state index is 14.1. The molecule has 2 heterocycles. The van der Waals surface area contributed by atoms with Gasteiger partial charge in [0.05, 0.1) is 7.11 Å². The number of rotatable bonds is 6. The molecule has 2 fully saturated rings. The summed E-state index contributed by atoms with van der Waals surface area (Å²) in [4.78, 5) is 20.0. The summed E-state index contributed by atoms with van der Waals surface area (Å²) in [5.41, 5.74) is 2.87. The largest absolute Gasteiger partial charge is 0.497 e. The Morgan fingerprint density at radius 2 is 1.69 bits per heavy atom. The average Bonchev–Trinajstić information content (AvgIpc) is 3.33. The minimum Gasteiger partial charge on any atom is -0.497 e. The van der Waals surface area contributed by atoms with E-state index in [4.69, 9.17) is 4.74 Å². The zero-order chi connectivity index (χ0) is 24.2. The van der Waals surface area contributed by atoms with Crippen molar-refractivity contribution < 1.29 is 13.9 Å². The molecule has 35 heavy (non-hydrogen) atoms. The highest BCUT2D eigenvalue weighted by Gasteiger charge is 2.38. The number of likely N-dealkylation sites (tertiary alicyclic amines) is 1. The Kier molecular flexibility index (Phi) is 7.00. The molecule has 5 rings (SSSR count). The smallest absolute Gasteiger partial charge is 0.253 e. The molecule has 0 saturated carbocycles. The first-order valence-corrected chi connectivity index (χ1v) is 12.3. The molecule has 0 bridgehead atoms. The van der Waals surface area contributed by atoms with Crippen molar-refractivity contribution in [2.75, 3.05) is 57.8 Å². The molecule has 2 saturated heterocycles. The number of carbonyl (C=O) groups is 1. The number of amides is 1. The summed E-state index contributed by atoms with van der Waals surface area (Å²) >= 11 is 0. The number of halogens is 1. The van der Waals surface area contributed by atoms with Crippen LogP contribution in [0.15, 0.2) is 78.9 Å². The highest BCUT2D eigenvalue weighted by atomic mass is 19.1. The van der Waals surface area contributed by atoms with Crippen molar-refractivity contribution in [3.63, 3.8) is 0 Å². The molecule has 5 nitrogen and oxygen atoms in total. The number of methoxy groups -OCH3 is 1. The molecule has 182 valence electrons. The number of benzene rings is 3. The third kappa shape index (κ3) is 5.33. The summed E-state index contributed by atoms with van der Waals surface area (Å²) in [5.74, 6) is 1.08. The van der Waals surface area contributed by atoms with Gasteiger partial charge in [-0.25, -0.2) is 4.39 Å². The van der Waals surface area contributed by atoms with E-state index in [0.29, 0.717) is 18.7 Å². The normalized spacial score (nSPS) is 20.7. The second-order valence-corrected chi connectivity index (χ2v) is 9.49. The minimum atomic E-state index is -0.221. The Bertz CT molecular complexity index is 1150. The van der Waals surface area contributed by atoms with Crippen LogP contribution in [0.3, 0.4) is 0 Å². The predicted molar refractivity (Wildman–Crippen MR) is 137 cm³/mol. The first-order valence-electron chi connectivity index (χ1n) is 12.3. The van der Waals surface area contributed by atoms with Crippen LogP contribution in [0.1, 0.15) is 21.8 Å². The van der Waals surface area contributed by atoms with Crippen molar-refractivity contribution in [3.8, 4) is 5.75 Å². The lowest BCUT2D eigenvalue weighted by atomic mass is 9.88. The van der Waals surface area contributed by atoms with Crippen LogP contribution in [0.25, 0.3) is 0 Å². The first kappa shape index (κ1) is 23.4. The minimum absolute atomic E-state index is 0.0531. The van der Waals surface area contributed by atoms with Gasteiger partial charge in [0.1, 0.15) is 11.6 Å². The Morgan fingerprint density at radius 1 is 0.914 bits per heavy atom. The van der Waals surface area contributed by atoms with Gasteiger partial charge in [0.2, 0.25) is 0 Å². The molecular weight excluding hydrogens is 441 g/mol. The van der Waals surface area contributed by atoms with Gasteiger partial charge < -0.3 is 14.5 Å². The van der Waals surface area contributed by atoms with Gasteiger partial charge in [0.25, 0.3) is 5.91 Å². The van der Waals surface area contributed by atoms with E-state index in [1.165, 1.54) is 11.8 Å². The molecule has 2 aliphatic rings. The molecule has 0 N–H and O–H groups in total. The maximum atomic E-state index is 14.1. The van der Waals surface area contributed by atoms with E-state index >= 15 is 0 Å². The summed E-state index contributed by atoms with van der Waals surface area (Å²) in [7, 11) is 1.69. The van der Waals surface area contributed by atoms with Crippen LogP contribution in [0.5, 0.6) is 5.75 Å². The Balaban J connectivity index is 1.28. The second kappa shape index (κ2) is 10.5. The van der Waals surface area contributed by atoms with E-state index in [-0.39, 0.29) is 23.6 Å². The quantitative estimate of drug-likeness (QED) is 0.528. The Labute approximate surface area is 206 Å². The first-order chi connectivity index (χ1) is 17.1. The molecule has 6 heteroatoms. The van der Waals surface area contributed by atoms with Crippen LogP contribution >= 0.6 is 0 Å². The van der Waals surface area contributed by atoms with Gasteiger partial charge in [-0.15, -0.1) is 0 Å². The molecule has 0 radical (unpaired) electrons. The number of carbonyl (C=O) groups excluding carboxylic acids is 1. The van der Waals surface area contributed by atoms with Gasteiger partial charge in [-0.3, -0.25) is 9.69 Å². The maximum Gasteiger partial charge on any atom is 0.253 e. The summed E-state index contributed by atoms with van der Waals surface area (Å²) < 4.78 is 19.5. The van der Waals surface area contributed by atoms with Gasteiger partial charge in [-0.1, -0.05) is 36.4 Å². The van der Waals surface area contributed by atoms with E-state index in [2.05, 4.69) is 21.9 Å². The van der Waals surface area contributed by atoms with Crippen molar-refractivity contribution in [2.24, 2.45) is 5.92 Å². The van der Waals surface area contributed by atoms with Crippen molar-refractivity contribution in [1.29, 1.82) is 0 Å². The highest BCUT2D eigenvalue weighted by molar-refractivity contribution is 5.94. The number of hydrogen-bond donors (Lipinski definition) is 0. The van der Waals surface area contributed by atoms with Crippen LogP contribution < -0.4 is 9.64 Å². The Hall–Kier alpha value is -3.38. The molecule has 3 aromatic carbocycles. The van der Waals surface area contributed by atoms with E-state index < -0.39 is 0 Å². The SMILES string of the molecule is COc1cccc(N2CCN(C[C@H]3CN(C(=O)c4ccccc4)C[C@@H]3c3cccc(F)c3)CC2)c1. The zero-order valence-electron chi connectivity index (χ0n) is 20.1. The van der Waals surface area contributed by atoms with Crippen molar-refractivity contribution in [2.45, 2.75) is 5.92 Å². The van der Waals surface area contributed by atoms with Crippen LogP contribution in [-0.2, 0) is 0 Å². The van der Waals surface area contributed by atoms with E-state index in [1.807, 2.05) is 53.4 Å². The fourth-order valence-corrected chi connectivity index (χ4v) is 5.43. The highest BCUT2D eigenvalue weighted by Crippen LogP contribution is 2.35. The van der Waals surface area contributed by atoms with Crippen LogP contribution in [0.4, 0.5) is 10.1 Å². The van der Waals surface area contributed by atoms with Crippen molar-refractivity contribution >= 4 is 11.6 Å². The molecule has 1 amide bonds. The van der Waals surface area contributed by atoms with Crippen LogP contribution in [0.2, 0.25) is 0 Å². The lowest BCUT2D eigenvalue weighted by Gasteiger charge is -2.38. The van der Waals surface area contributed by atoms with Gasteiger partial charge in [-0.2, -0.15) is 0 Å². The fraction of sp³-hybridized carbons (Fsp3) is 0.345. The molecule has 0 aliphatic carbocycles. The third-order valence-electron chi connectivity index (χ3n) is 7.31. The molecule has 3 aromatic rings. The average molecular weight is 474 g/mol. The fourth-order valence-electron chi connectivity index (χ4n) is 5.43. The second-order valence-electron chi connectivity index (χ2n) is 9.49. The zero-order valence-corrected chi connectivity index (χ0v) is 20.1. The van der Waals surface area contributed by atoms with E-state index in [1.54, 1.807) is 19.2 Å². The number of nitrogens with zero attached hydrogens (tertiary/aromatic N) is 3. The number of piperazine rings is 1. The molecule has 2 aliphatic heterocycles. The van der Waals surface area contributed by atoms with E-state index in [0.717, 1.165) is 44.0 Å². The van der Waals surface area contributed by atoms with E-state index in [9.17, 15) is 9.18 Å². The van der Waals surface area contributed by atoms with Crippen LogP contribution in [0, 0.1) is 11.7 Å². The molecule has 0 aromatic heterocycles. The molecule has 0 spiro atoms. The van der Waals surface area contributed by atoms with Crippen LogP contribution in [-0.4, -0.2) is 68.6 Å². The molecular formula is C29H32FN3O2. The molecule has 2 atom stereocenters. The van der Waals surface area contributed by atoms with Gasteiger partial charge in [-0.05, 0) is 47.9 Å². The summed E-state index contributed by atoms with van der Waals surface area (Å²) in [6.07, 6.45) is 0. The predicted octanol–water partition coefficient (Wildman–Crippen LogP) is 4.51. The third-order valence-corrected chi connectivity index (χ3v) is 7.31. The topological polar surface area (TPSA) is 36.0 Å². The summed E-state index contributed by atoms with van der Waals surface area (Å²) in [5, 5.41) is 0. The van der Waals surface area contributed by atoms with Gasteiger partial charge >= 0.3 is 0 Å². The lowest BCUT2D eigenvalue weighted by molar-refractivity contribution is 0.0782. The summed E-state index contributed by atoms with van der Waals surface area (Å²) in [6, 6.07) is 24.5. The van der Waals surface area contributed by atoms with Gasteiger partial charge in [0.15, 0.2) is 0 Å². The number of hydrogen-bond acceptors (Lipinski definition) is 4. The monoisotopic (exact) mass is 473 g/mol. The van der Waals surface area contributed by atoms with Crippen molar-refractivity contribution in [3.05, 3.63) is 95.8 Å². The summed E-state index contributed by atoms with van der Waals surface area (Å²) in [6.45, 7) is 5.99. The van der Waals surface area contributed by atoms with Crippen molar-refractivity contribution in [1.82, 2.24) is 9.80 Å². The number of ether oxygens (including phenoxy) is 1. The number of anilines is 1. The standard InChI is InChI=1S/C29H32FN3O2/c1-35-27-12-6-11-26(18-27)32-15-13-31(14-16-32)19-24-20-33(29(34)22-7-3-2-4-8-22)21-28(24)23-9-5-10-25(30)17-23/h2-12,17-18,24,28H,13-16,19-21H2,1H3/t24-,28+/m0/s1.